The Kier molecular flexibility index (Phi) is 4.21. The lowest BCUT2D eigenvalue weighted by atomic mass is 10.2. The number of nitrogens with zero attached hydrogens (tertiary/aromatic N) is 4. The number of imidazole rings is 1. The van der Waals surface area contributed by atoms with Crippen molar-refractivity contribution in [3.8, 4) is 0 Å². The molecule has 2 heterocycles. The third-order valence-electron chi connectivity index (χ3n) is 2.80. The number of aromatic carboxylic acids is 1. The third kappa shape index (κ3) is 3.02. The van der Waals surface area contributed by atoms with Crippen molar-refractivity contribution in [3.63, 3.8) is 0 Å². The minimum Gasteiger partial charge on any atom is -0.477 e. The number of hydrogen-bond acceptors (Lipinski definition) is 6. The highest BCUT2D eigenvalue weighted by molar-refractivity contribution is 6.07. The van der Waals surface area contributed by atoms with Gasteiger partial charge in [0.15, 0.2) is 11.4 Å². The second kappa shape index (κ2) is 6.07. The van der Waals surface area contributed by atoms with Gasteiger partial charge in [-0.1, -0.05) is 13.8 Å². The third-order valence-corrected chi connectivity index (χ3v) is 2.80. The molecule has 2 aromatic rings. The van der Waals surface area contributed by atoms with Crippen molar-refractivity contribution in [1.29, 1.82) is 0 Å². The fourth-order valence-electron chi connectivity index (χ4n) is 1.78. The minimum absolute atomic E-state index is 0.0217. The molecular formula is C12H14N6O3. The van der Waals surface area contributed by atoms with E-state index >= 15 is 0 Å². The molecule has 1 amide bonds. The molecule has 0 aliphatic heterocycles. The molecule has 0 spiro atoms. The molecule has 9 heteroatoms. The van der Waals surface area contributed by atoms with Gasteiger partial charge in [0.2, 0.25) is 5.95 Å². The van der Waals surface area contributed by atoms with Crippen LogP contribution in [0.4, 0.5) is 5.95 Å². The predicted molar refractivity (Wildman–Crippen MR) is 72.1 cm³/mol. The SMILES string of the molecule is CCc1nnc(NC(=O)c2nc[nH]c2C(=O)O)nc1CC. The second-order valence-electron chi connectivity index (χ2n) is 4.12. The first-order chi connectivity index (χ1) is 10.1. The fraction of sp³-hybridized carbons (Fsp3) is 0.333. The van der Waals surface area contributed by atoms with Crippen molar-refractivity contribution < 1.29 is 14.7 Å². The number of anilines is 1. The molecule has 110 valence electrons. The number of aromatic amines is 1. The van der Waals surface area contributed by atoms with Gasteiger partial charge in [-0.25, -0.2) is 14.8 Å². The standard InChI is InChI=1S/C12H14N6O3/c1-3-6-7(4-2)17-18-12(15-6)16-10(19)8-9(11(20)21)14-5-13-8/h5H,3-4H2,1-2H3,(H,13,14)(H,20,21)(H,15,16,18,19). The van der Waals surface area contributed by atoms with E-state index in [0.717, 1.165) is 17.7 Å². The van der Waals surface area contributed by atoms with E-state index in [-0.39, 0.29) is 17.3 Å². The summed E-state index contributed by atoms with van der Waals surface area (Å²) in [5, 5.41) is 19.1. The van der Waals surface area contributed by atoms with E-state index in [1.807, 2.05) is 13.8 Å². The molecule has 0 saturated heterocycles. The van der Waals surface area contributed by atoms with Crippen molar-refractivity contribution >= 4 is 17.8 Å². The van der Waals surface area contributed by atoms with Gasteiger partial charge in [0.05, 0.1) is 17.7 Å². The van der Waals surface area contributed by atoms with Crippen LogP contribution in [0.2, 0.25) is 0 Å². The summed E-state index contributed by atoms with van der Waals surface area (Å²) in [4.78, 5) is 33.2. The van der Waals surface area contributed by atoms with Crippen LogP contribution in [0, 0.1) is 0 Å². The molecular weight excluding hydrogens is 276 g/mol. The lowest BCUT2D eigenvalue weighted by Gasteiger charge is -2.06. The molecule has 9 nitrogen and oxygen atoms in total. The Morgan fingerprint density at radius 3 is 2.57 bits per heavy atom. The average Bonchev–Trinajstić information content (AvgIpc) is 2.96. The molecule has 0 aliphatic rings. The van der Waals surface area contributed by atoms with Crippen LogP contribution in [0.1, 0.15) is 46.2 Å². The largest absolute Gasteiger partial charge is 0.477 e. The number of carbonyl (C=O) groups is 2. The van der Waals surface area contributed by atoms with Crippen LogP contribution in [0.15, 0.2) is 6.33 Å². The average molecular weight is 290 g/mol. The molecule has 2 aromatic heterocycles. The van der Waals surface area contributed by atoms with Crippen molar-refractivity contribution in [3.05, 3.63) is 29.1 Å². The summed E-state index contributed by atoms with van der Waals surface area (Å²) in [6.45, 7) is 3.86. The van der Waals surface area contributed by atoms with Crippen LogP contribution >= 0.6 is 0 Å². The molecule has 0 bridgehead atoms. The molecule has 0 fully saturated rings. The highest BCUT2D eigenvalue weighted by Gasteiger charge is 2.20. The van der Waals surface area contributed by atoms with Crippen LogP contribution in [0.25, 0.3) is 0 Å². The van der Waals surface area contributed by atoms with E-state index in [9.17, 15) is 9.59 Å². The number of hydrogen-bond donors (Lipinski definition) is 3. The summed E-state index contributed by atoms with van der Waals surface area (Å²) in [5.41, 5.74) is 0.981. The van der Waals surface area contributed by atoms with E-state index < -0.39 is 11.9 Å². The van der Waals surface area contributed by atoms with Gasteiger partial charge in [-0.15, -0.1) is 10.2 Å². The van der Waals surface area contributed by atoms with Crippen LogP contribution in [0.5, 0.6) is 0 Å². The number of amides is 1. The molecule has 0 aliphatic carbocycles. The zero-order valence-corrected chi connectivity index (χ0v) is 11.5. The van der Waals surface area contributed by atoms with Gasteiger partial charge >= 0.3 is 5.97 Å². The first kappa shape index (κ1) is 14.6. The highest BCUT2D eigenvalue weighted by Crippen LogP contribution is 2.09. The zero-order chi connectivity index (χ0) is 15.4. The van der Waals surface area contributed by atoms with Crippen LogP contribution in [-0.4, -0.2) is 42.1 Å². The monoisotopic (exact) mass is 290 g/mol. The van der Waals surface area contributed by atoms with Crippen LogP contribution in [-0.2, 0) is 12.8 Å². The second-order valence-corrected chi connectivity index (χ2v) is 4.12. The molecule has 0 aromatic carbocycles. The van der Waals surface area contributed by atoms with Gasteiger partial charge in [0.1, 0.15) is 0 Å². The Balaban J connectivity index is 2.23. The van der Waals surface area contributed by atoms with E-state index in [0.29, 0.717) is 12.8 Å². The van der Waals surface area contributed by atoms with Crippen molar-refractivity contribution in [2.24, 2.45) is 0 Å². The maximum Gasteiger partial charge on any atom is 0.354 e. The Hall–Kier alpha value is -2.84. The number of rotatable bonds is 5. The number of carbonyl (C=O) groups excluding carboxylic acids is 1. The summed E-state index contributed by atoms with van der Waals surface area (Å²) in [6, 6.07) is 0. The molecule has 3 N–H and O–H groups in total. The van der Waals surface area contributed by atoms with Gasteiger partial charge in [0, 0.05) is 0 Å². The topological polar surface area (TPSA) is 134 Å². The van der Waals surface area contributed by atoms with E-state index in [1.54, 1.807) is 0 Å². The first-order valence-corrected chi connectivity index (χ1v) is 6.37. The first-order valence-electron chi connectivity index (χ1n) is 6.37. The highest BCUT2D eigenvalue weighted by atomic mass is 16.4. The Bertz CT molecular complexity index is 681. The van der Waals surface area contributed by atoms with Gasteiger partial charge in [-0.2, -0.15) is 0 Å². The summed E-state index contributed by atoms with van der Waals surface area (Å²) in [6.07, 6.45) is 2.49. The van der Waals surface area contributed by atoms with Gasteiger partial charge < -0.3 is 10.1 Å². The number of aromatic nitrogens is 5. The Labute approximate surface area is 119 Å². The number of H-pyrrole nitrogens is 1. The van der Waals surface area contributed by atoms with Crippen molar-refractivity contribution in [2.75, 3.05) is 5.32 Å². The maximum absolute atomic E-state index is 12.0. The number of carboxylic acids is 1. The normalized spacial score (nSPS) is 10.4. The van der Waals surface area contributed by atoms with E-state index in [4.69, 9.17) is 5.11 Å². The molecule has 21 heavy (non-hydrogen) atoms. The summed E-state index contributed by atoms with van der Waals surface area (Å²) < 4.78 is 0. The summed E-state index contributed by atoms with van der Waals surface area (Å²) in [5.74, 6) is -1.96. The Morgan fingerprint density at radius 1 is 1.24 bits per heavy atom. The molecule has 0 saturated carbocycles. The molecule has 0 unspecified atom stereocenters. The Morgan fingerprint density at radius 2 is 1.95 bits per heavy atom. The quantitative estimate of drug-likeness (QED) is 0.736. The van der Waals surface area contributed by atoms with Gasteiger partial charge in [-0.05, 0) is 12.8 Å². The van der Waals surface area contributed by atoms with Gasteiger partial charge in [0.25, 0.3) is 5.91 Å². The summed E-state index contributed by atoms with van der Waals surface area (Å²) >= 11 is 0. The van der Waals surface area contributed by atoms with Gasteiger partial charge in [-0.3, -0.25) is 10.1 Å². The van der Waals surface area contributed by atoms with Crippen LogP contribution < -0.4 is 5.32 Å². The predicted octanol–water partition coefficient (Wildman–Crippen LogP) is 0.670. The minimum atomic E-state index is -1.27. The molecule has 2 rings (SSSR count). The van der Waals surface area contributed by atoms with Crippen molar-refractivity contribution in [1.82, 2.24) is 25.1 Å². The maximum atomic E-state index is 12.0. The van der Waals surface area contributed by atoms with Crippen molar-refractivity contribution in [2.45, 2.75) is 26.7 Å². The zero-order valence-electron chi connectivity index (χ0n) is 11.5. The smallest absolute Gasteiger partial charge is 0.354 e. The fourth-order valence-corrected chi connectivity index (χ4v) is 1.78. The van der Waals surface area contributed by atoms with E-state index in [1.165, 1.54) is 0 Å². The number of aryl methyl sites for hydroxylation is 2. The molecule has 0 radical (unpaired) electrons. The molecule has 0 atom stereocenters. The lowest BCUT2D eigenvalue weighted by Crippen LogP contribution is -2.19. The number of nitrogens with one attached hydrogen (secondary N) is 2. The lowest BCUT2D eigenvalue weighted by molar-refractivity contribution is 0.0686. The number of carboxylic acid groups (broad SMARTS) is 1. The van der Waals surface area contributed by atoms with E-state index in [2.05, 4.69) is 30.5 Å². The van der Waals surface area contributed by atoms with Crippen LogP contribution in [0.3, 0.4) is 0 Å². The summed E-state index contributed by atoms with van der Waals surface area (Å²) in [7, 11) is 0.